The van der Waals surface area contributed by atoms with E-state index in [0.29, 0.717) is 27.7 Å². The Kier molecular flexibility index (Phi) is 6.24. The molecule has 0 aliphatic carbocycles. The van der Waals surface area contributed by atoms with Crippen molar-refractivity contribution < 1.29 is 22.5 Å². The molecule has 3 rings (SSSR count). The number of anilines is 1. The second kappa shape index (κ2) is 8.67. The summed E-state index contributed by atoms with van der Waals surface area (Å²) in [5.74, 6) is -0.174. The lowest BCUT2D eigenvalue weighted by Gasteiger charge is -2.11. The summed E-state index contributed by atoms with van der Waals surface area (Å²) in [4.78, 5) is 12.2. The summed E-state index contributed by atoms with van der Waals surface area (Å²) in [6.45, 7) is 1.77. The number of aromatic nitrogens is 1. The first-order valence-electron chi connectivity index (χ1n) is 8.68. The van der Waals surface area contributed by atoms with Gasteiger partial charge in [-0.05, 0) is 43.3 Å². The number of halogens is 1. The number of amides is 1. The van der Waals surface area contributed by atoms with Crippen molar-refractivity contribution in [2.75, 3.05) is 18.2 Å². The van der Waals surface area contributed by atoms with Crippen molar-refractivity contribution in [2.24, 2.45) is 0 Å². The maximum absolute atomic E-state index is 12.9. The molecule has 7 nitrogen and oxygen atoms in total. The lowest BCUT2D eigenvalue weighted by Crippen LogP contribution is -2.18. The molecule has 2 aromatic carbocycles. The van der Waals surface area contributed by atoms with Gasteiger partial charge in [0.1, 0.15) is 10.6 Å². The Morgan fingerprint density at radius 1 is 1.21 bits per heavy atom. The molecule has 0 saturated carbocycles. The molecule has 0 aliphatic heterocycles. The number of carbonyl (C=O) groups is 1. The highest BCUT2D eigenvalue weighted by molar-refractivity contribution is 7.91. The topological polar surface area (TPSA) is 98.5 Å². The van der Waals surface area contributed by atoms with Crippen LogP contribution >= 0.6 is 11.6 Å². The van der Waals surface area contributed by atoms with E-state index in [4.69, 9.17) is 20.9 Å². The van der Waals surface area contributed by atoms with E-state index in [2.05, 4.69) is 10.5 Å². The molecule has 1 aromatic heterocycles. The minimum Gasteiger partial charge on any atom is -0.495 e. The average molecular weight is 435 g/mol. The number of benzene rings is 2. The first kappa shape index (κ1) is 20.9. The molecule has 0 spiro atoms. The first-order valence-corrected chi connectivity index (χ1v) is 10.7. The lowest BCUT2D eigenvalue weighted by atomic mass is 10.1. The number of hydrogen-bond acceptors (Lipinski definition) is 6. The van der Waals surface area contributed by atoms with Crippen LogP contribution in [0.25, 0.3) is 11.3 Å². The molecular formula is C20H19ClN2O5S. The second-order valence-corrected chi connectivity index (χ2v) is 8.84. The minimum absolute atomic E-state index is 0.0119. The summed E-state index contributed by atoms with van der Waals surface area (Å²) in [7, 11) is -2.41. The molecular weight excluding hydrogens is 416 g/mol. The number of ether oxygens (including phenoxy) is 1. The normalized spacial score (nSPS) is 11.3. The molecule has 0 aliphatic rings. The number of sulfone groups is 1. The van der Waals surface area contributed by atoms with Crippen LogP contribution in [-0.2, 0) is 14.6 Å². The first-order chi connectivity index (χ1) is 13.8. The Morgan fingerprint density at radius 3 is 2.66 bits per heavy atom. The molecule has 152 valence electrons. The van der Waals surface area contributed by atoms with Gasteiger partial charge in [0, 0.05) is 28.8 Å². The van der Waals surface area contributed by atoms with Gasteiger partial charge >= 0.3 is 0 Å². The number of rotatable bonds is 7. The van der Waals surface area contributed by atoms with Crippen molar-refractivity contribution in [3.63, 3.8) is 0 Å². The van der Waals surface area contributed by atoms with Crippen LogP contribution in [0.5, 0.6) is 5.75 Å². The Hall–Kier alpha value is -2.84. The summed E-state index contributed by atoms with van der Waals surface area (Å²) < 4.78 is 36.2. The maximum atomic E-state index is 12.9. The minimum atomic E-state index is -3.80. The number of aryl methyl sites for hydroxylation is 1. The third-order valence-corrected chi connectivity index (χ3v) is 6.08. The van der Waals surface area contributed by atoms with E-state index in [-0.39, 0.29) is 22.8 Å². The molecule has 0 saturated heterocycles. The van der Waals surface area contributed by atoms with Gasteiger partial charge in [0.15, 0.2) is 15.6 Å². The highest BCUT2D eigenvalue weighted by Crippen LogP contribution is 2.31. The van der Waals surface area contributed by atoms with Gasteiger partial charge < -0.3 is 14.6 Å². The summed E-state index contributed by atoms with van der Waals surface area (Å²) in [6, 6.07) is 13.0. The quantitative estimate of drug-likeness (QED) is 0.600. The summed E-state index contributed by atoms with van der Waals surface area (Å²) in [5.41, 5.74) is 1.73. The molecule has 0 unspecified atom stereocenters. The molecule has 1 N–H and O–H groups in total. The van der Waals surface area contributed by atoms with Gasteiger partial charge in [-0.15, -0.1) is 0 Å². The van der Waals surface area contributed by atoms with E-state index < -0.39 is 15.7 Å². The van der Waals surface area contributed by atoms with Crippen LogP contribution in [0.15, 0.2) is 57.9 Å². The van der Waals surface area contributed by atoms with E-state index in [0.717, 1.165) is 0 Å². The molecule has 0 atom stereocenters. The number of methoxy groups -OCH3 is 1. The van der Waals surface area contributed by atoms with Crippen LogP contribution in [0.3, 0.4) is 0 Å². The van der Waals surface area contributed by atoms with Gasteiger partial charge in [-0.2, -0.15) is 0 Å². The van der Waals surface area contributed by atoms with Crippen LogP contribution in [-0.4, -0.2) is 32.3 Å². The van der Waals surface area contributed by atoms with Crippen LogP contribution in [0.2, 0.25) is 5.02 Å². The van der Waals surface area contributed by atoms with Crippen LogP contribution in [0.1, 0.15) is 12.1 Å². The van der Waals surface area contributed by atoms with Crippen LogP contribution in [0, 0.1) is 6.92 Å². The SMILES string of the molecule is COc1ccc(-c2cc(C)no2)cc1S(=O)(=O)CCC(=O)Nc1cccc(Cl)c1. The van der Waals surface area contributed by atoms with Crippen molar-refractivity contribution in [1.82, 2.24) is 5.16 Å². The van der Waals surface area contributed by atoms with Gasteiger partial charge in [0.05, 0.1) is 18.6 Å². The molecule has 1 amide bonds. The number of nitrogens with zero attached hydrogens (tertiary/aromatic N) is 1. The third kappa shape index (κ3) is 5.16. The summed E-state index contributed by atoms with van der Waals surface area (Å²) >= 11 is 5.89. The molecule has 29 heavy (non-hydrogen) atoms. The van der Waals surface area contributed by atoms with Gasteiger partial charge in [0.25, 0.3) is 0 Å². The van der Waals surface area contributed by atoms with E-state index in [1.165, 1.54) is 13.2 Å². The van der Waals surface area contributed by atoms with E-state index in [9.17, 15) is 13.2 Å². The Labute approximate surface area is 173 Å². The van der Waals surface area contributed by atoms with Crippen LogP contribution in [0.4, 0.5) is 5.69 Å². The molecule has 3 aromatic rings. The zero-order valence-corrected chi connectivity index (χ0v) is 17.4. The van der Waals surface area contributed by atoms with Crippen molar-refractivity contribution in [1.29, 1.82) is 0 Å². The van der Waals surface area contributed by atoms with Crippen molar-refractivity contribution in [2.45, 2.75) is 18.2 Å². The van der Waals surface area contributed by atoms with E-state index in [1.54, 1.807) is 49.4 Å². The Morgan fingerprint density at radius 2 is 2.00 bits per heavy atom. The van der Waals surface area contributed by atoms with E-state index in [1.807, 2.05) is 0 Å². The van der Waals surface area contributed by atoms with Crippen molar-refractivity contribution in [3.05, 3.63) is 59.2 Å². The van der Waals surface area contributed by atoms with Crippen molar-refractivity contribution in [3.8, 4) is 17.1 Å². The number of hydrogen-bond donors (Lipinski definition) is 1. The summed E-state index contributed by atoms with van der Waals surface area (Å²) in [6.07, 6.45) is -0.219. The fraction of sp³-hybridized carbons (Fsp3) is 0.200. The predicted octanol–water partition coefficient (Wildman–Crippen LogP) is 4.11. The maximum Gasteiger partial charge on any atom is 0.225 e. The fourth-order valence-electron chi connectivity index (χ4n) is 2.70. The standard InChI is InChI=1S/C20H19ClN2O5S/c1-13-10-18(28-23-13)14-6-7-17(27-2)19(11-14)29(25,26)9-8-20(24)22-16-5-3-4-15(21)12-16/h3-7,10-12H,8-9H2,1-2H3,(H,22,24). The second-order valence-electron chi connectivity index (χ2n) is 6.33. The molecule has 0 radical (unpaired) electrons. The van der Waals surface area contributed by atoms with Gasteiger partial charge in [-0.1, -0.05) is 22.8 Å². The van der Waals surface area contributed by atoms with Gasteiger partial charge in [-0.25, -0.2) is 8.42 Å². The van der Waals surface area contributed by atoms with Crippen LogP contribution < -0.4 is 10.1 Å². The lowest BCUT2D eigenvalue weighted by molar-refractivity contribution is -0.115. The summed E-state index contributed by atoms with van der Waals surface area (Å²) in [5, 5.41) is 6.92. The molecule has 9 heteroatoms. The third-order valence-electron chi connectivity index (χ3n) is 4.12. The molecule has 0 fully saturated rings. The monoisotopic (exact) mass is 434 g/mol. The average Bonchev–Trinajstić information content (AvgIpc) is 3.12. The zero-order valence-electron chi connectivity index (χ0n) is 15.8. The fourth-order valence-corrected chi connectivity index (χ4v) is 4.33. The van der Waals surface area contributed by atoms with Gasteiger partial charge in [-0.3, -0.25) is 4.79 Å². The largest absolute Gasteiger partial charge is 0.495 e. The zero-order chi connectivity index (χ0) is 21.0. The van der Waals surface area contributed by atoms with Crippen molar-refractivity contribution >= 4 is 33.0 Å². The molecule has 0 bridgehead atoms. The Bertz CT molecular complexity index is 1140. The highest BCUT2D eigenvalue weighted by Gasteiger charge is 2.22. The Balaban J connectivity index is 1.78. The number of carbonyl (C=O) groups excluding carboxylic acids is 1. The highest BCUT2D eigenvalue weighted by atomic mass is 35.5. The van der Waals surface area contributed by atoms with Gasteiger partial charge in [0.2, 0.25) is 5.91 Å². The molecule has 1 heterocycles. The number of nitrogens with one attached hydrogen (secondary N) is 1. The van der Waals surface area contributed by atoms with E-state index >= 15 is 0 Å². The predicted molar refractivity (Wildman–Crippen MR) is 110 cm³/mol. The smallest absolute Gasteiger partial charge is 0.225 e.